The third-order valence-electron chi connectivity index (χ3n) is 5.56. The number of ether oxygens (including phenoxy) is 2. The average molecular weight is 414 g/mol. The number of hydrogen-bond acceptors (Lipinski definition) is 9. The number of rotatable bonds is 2. The van der Waals surface area contributed by atoms with Crippen LogP contribution in [0.1, 0.15) is 11.7 Å². The van der Waals surface area contributed by atoms with Crippen molar-refractivity contribution < 1.29 is 39.4 Å². The molecule has 2 aliphatic heterocycles. The number of phenols is 2. The standard InChI is InChI=1S/C21H18O9/c22-7-14-17(25)19(27)21-20(30-14)16-13(29-21)6-12-15(18(16)26)10(24)5-11(28-12)8-1-3-9(23)4-2-8/h1-6,14,17,19-23,25-27H,7H2. The van der Waals surface area contributed by atoms with Gasteiger partial charge in [-0.25, -0.2) is 0 Å². The quantitative estimate of drug-likeness (QED) is 0.410. The normalized spacial score (nSPS) is 27.5. The highest BCUT2D eigenvalue weighted by Crippen LogP contribution is 2.50. The van der Waals surface area contributed by atoms with E-state index in [0.29, 0.717) is 5.56 Å². The molecule has 1 aromatic heterocycles. The Morgan fingerprint density at radius 1 is 1.00 bits per heavy atom. The molecule has 0 bridgehead atoms. The maximum atomic E-state index is 12.8. The number of hydrogen-bond donors (Lipinski definition) is 5. The second-order valence-corrected chi connectivity index (χ2v) is 7.37. The summed E-state index contributed by atoms with van der Waals surface area (Å²) < 4.78 is 17.1. The van der Waals surface area contributed by atoms with Crippen molar-refractivity contribution in [3.63, 3.8) is 0 Å². The van der Waals surface area contributed by atoms with Crippen molar-refractivity contribution in [2.75, 3.05) is 6.61 Å². The van der Waals surface area contributed by atoms with Crippen LogP contribution in [0.5, 0.6) is 17.2 Å². The summed E-state index contributed by atoms with van der Waals surface area (Å²) in [7, 11) is 0. The highest BCUT2D eigenvalue weighted by Gasteiger charge is 2.52. The minimum Gasteiger partial charge on any atom is -0.508 e. The molecule has 9 nitrogen and oxygen atoms in total. The summed E-state index contributed by atoms with van der Waals surface area (Å²) in [6.07, 6.45) is -5.81. The van der Waals surface area contributed by atoms with Crippen molar-refractivity contribution in [3.05, 3.63) is 52.2 Å². The van der Waals surface area contributed by atoms with Crippen molar-refractivity contribution >= 4 is 11.0 Å². The summed E-state index contributed by atoms with van der Waals surface area (Å²) >= 11 is 0. The minimum atomic E-state index is -1.37. The Bertz CT molecular complexity index is 1180. The molecule has 5 rings (SSSR count). The molecule has 30 heavy (non-hydrogen) atoms. The van der Waals surface area contributed by atoms with Gasteiger partial charge in [0.15, 0.2) is 11.5 Å². The number of aromatic hydroxyl groups is 2. The number of benzene rings is 2. The molecule has 1 saturated heterocycles. The van der Waals surface area contributed by atoms with Crippen molar-refractivity contribution in [1.82, 2.24) is 0 Å². The summed E-state index contributed by atoms with van der Waals surface area (Å²) in [5.41, 5.74) is 0.267. The lowest BCUT2D eigenvalue weighted by Gasteiger charge is -2.38. The van der Waals surface area contributed by atoms with Gasteiger partial charge in [-0.2, -0.15) is 0 Å². The lowest BCUT2D eigenvalue weighted by Crippen LogP contribution is -2.55. The molecule has 1 fully saturated rings. The van der Waals surface area contributed by atoms with Crippen molar-refractivity contribution in [1.29, 1.82) is 0 Å². The molecule has 3 heterocycles. The molecular weight excluding hydrogens is 396 g/mol. The van der Waals surface area contributed by atoms with Crippen LogP contribution in [0.25, 0.3) is 22.3 Å². The topological polar surface area (TPSA) is 150 Å². The number of aliphatic hydroxyl groups excluding tert-OH is 3. The maximum Gasteiger partial charge on any atom is 0.197 e. The van der Waals surface area contributed by atoms with E-state index in [1.54, 1.807) is 12.1 Å². The van der Waals surface area contributed by atoms with Crippen LogP contribution in [-0.4, -0.2) is 56.6 Å². The summed E-state index contributed by atoms with van der Waals surface area (Å²) in [5.74, 6) is 0.0386. The molecular formula is C21H18O9. The van der Waals surface area contributed by atoms with Crippen molar-refractivity contribution in [3.8, 4) is 28.6 Å². The predicted molar refractivity (Wildman–Crippen MR) is 102 cm³/mol. The monoisotopic (exact) mass is 414 g/mol. The SMILES string of the molecule is O=c1cc(-c2ccc(O)cc2)oc2cc3c(c(O)c12)C1OC(CO)C(O)C(O)C1O3. The zero-order chi connectivity index (χ0) is 21.2. The van der Waals surface area contributed by atoms with E-state index in [2.05, 4.69) is 0 Å². The van der Waals surface area contributed by atoms with Crippen LogP contribution in [0.3, 0.4) is 0 Å². The van der Waals surface area contributed by atoms with E-state index in [4.69, 9.17) is 13.9 Å². The molecule has 9 heteroatoms. The van der Waals surface area contributed by atoms with E-state index in [9.17, 15) is 30.3 Å². The molecule has 5 unspecified atom stereocenters. The Kier molecular flexibility index (Phi) is 4.23. The van der Waals surface area contributed by atoms with Crippen LogP contribution in [0.15, 0.2) is 45.6 Å². The fourth-order valence-corrected chi connectivity index (χ4v) is 4.04. The number of phenolic OH excluding ortho intramolecular Hbond substituents is 2. The van der Waals surface area contributed by atoms with Gasteiger partial charge in [0.2, 0.25) is 0 Å². The third kappa shape index (κ3) is 2.67. The lowest BCUT2D eigenvalue weighted by molar-refractivity contribution is -0.215. The molecule has 0 aliphatic carbocycles. The Balaban J connectivity index is 1.65. The Morgan fingerprint density at radius 3 is 2.43 bits per heavy atom. The van der Waals surface area contributed by atoms with Gasteiger partial charge in [0, 0.05) is 17.7 Å². The second-order valence-electron chi connectivity index (χ2n) is 7.37. The summed E-state index contributed by atoms with van der Waals surface area (Å²) in [6, 6.07) is 8.72. The van der Waals surface area contributed by atoms with Crippen molar-refractivity contribution in [2.24, 2.45) is 0 Å². The Labute approximate surface area is 169 Å². The summed E-state index contributed by atoms with van der Waals surface area (Å²) in [6.45, 7) is -0.538. The Morgan fingerprint density at radius 2 is 1.73 bits per heavy atom. The number of aliphatic hydroxyl groups is 3. The molecule has 0 radical (unpaired) electrons. The minimum absolute atomic E-state index is 0.0641. The molecule has 156 valence electrons. The summed E-state index contributed by atoms with van der Waals surface area (Å²) in [5, 5.41) is 50.1. The van der Waals surface area contributed by atoms with Gasteiger partial charge < -0.3 is 39.4 Å². The van der Waals surface area contributed by atoms with Crippen molar-refractivity contribution in [2.45, 2.75) is 30.5 Å². The first-order valence-electron chi connectivity index (χ1n) is 9.31. The smallest absolute Gasteiger partial charge is 0.197 e. The highest BCUT2D eigenvalue weighted by atomic mass is 16.6. The van der Waals surface area contributed by atoms with E-state index in [1.165, 1.54) is 24.3 Å². The van der Waals surface area contributed by atoms with Crippen LogP contribution in [0.4, 0.5) is 0 Å². The van der Waals surface area contributed by atoms with Gasteiger partial charge in [-0.1, -0.05) is 0 Å². The molecule has 0 amide bonds. The van der Waals surface area contributed by atoms with E-state index < -0.39 is 48.3 Å². The first kappa shape index (κ1) is 18.9. The fourth-order valence-electron chi connectivity index (χ4n) is 4.04. The zero-order valence-electron chi connectivity index (χ0n) is 15.4. The highest BCUT2D eigenvalue weighted by molar-refractivity contribution is 5.88. The predicted octanol–water partition coefficient (Wildman–Crippen LogP) is 0.786. The first-order valence-corrected chi connectivity index (χ1v) is 9.31. The van der Waals surface area contributed by atoms with Gasteiger partial charge in [-0.05, 0) is 24.3 Å². The maximum absolute atomic E-state index is 12.8. The van der Waals surface area contributed by atoms with Gasteiger partial charge in [0.05, 0.1) is 12.2 Å². The van der Waals surface area contributed by atoms with Crippen LogP contribution in [0, 0.1) is 0 Å². The van der Waals surface area contributed by atoms with Gasteiger partial charge in [0.1, 0.15) is 58.4 Å². The average Bonchev–Trinajstić information content (AvgIpc) is 3.09. The number of fused-ring (bicyclic) bond motifs is 4. The molecule has 3 aromatic rings. The second kappa shape index (κ2) is 6.71. The molecule has 2 aromatic carbocycles. The molecule has 5 atom stereocenters. The van der Waals surface area contributed by atoms with E-state index in [-0.39, 0.29) is 33.8 Å². The van der Waals surface area contributed by atoms with Gasteiger partial charge >= 0.3 is 0 Å². The molecule has 5 N–H and O–H groups in total. The van der Waals surface area contributed by atoms with E-state index in [1.807, 2.05) is 0 Å². The van der Waals surface area contributed by atoms with E-state index in [0.717, 1.165) is 0 Å². The Hall–Kier alpha value is -3.11. The fraction of sp³-hybridized carbons (Fsp3) is 0.286. The van der Waals surface area contributed by atoms with Crippen LogP contribution >= 0.6 is 0 Å². The van der Waals surface area contributed by atoms with Crippen LogP contribution in [-0.2, 0) is 4.74 Å². The zero-order valence-corrected chi connectivity index (χ0v) is 15.4. The lowest BCUT2D eigenvalue weighted by atomic mass is 9.92. The molecule has 0 saturated carbocycles. The van der Waals surface area contributed by atoms with Crippen LogP contribution < -0.4 is 10.2 Å². The molecule has 0 spiro atoms. The largest absolute Gasteiger partial charge is 0.508 e. The van der Waals surface area contributed by atoms with E-state index >= 15 is 0 Å². The first-order chi connectivity index (χ1) is 14.4. The van der Waals surface area contributed by atoms with Gasteiger partial charge in [-0.3, -0.25) is 4.79 Å². The molecule has 2 aliphatic rings. The van der Waals surface area contributed by atoms with Gasteiger partial charge in [0.25, 0.3) is 0 Å². The van der Waals surface area contributed by atoms with Crippen LogP contribution in [0.2, 0.25) is 0 Å². The van der Waals surface area contributed by atoms with Gasteiger partial charge in [-0.15, -0.1) is 0 Å². The third-order valence-corrected chi connectivity index (χ3v) is 5.56. The summed E-state index contributed by atoms with van der Waals surface area (Å²) in [4.78, 5) is 12.8.